The maximum absolute atomic E-state index is 12.1. The molecule has 0 aliphatic carbocycles. The molecule has 5 nitrogen and oxygen atoms in total. The number of aryl methyl sites for hydroxylation is 1. The molecule has 3 rings (SSSR count). The Labute approximate surface area is 139 Å². The summed E-state index contributed by atoms with van der Waals surface area (Å²) in [5.74, 6) is -0.0204. The van der Waals surface area contributed by atoms with Crippen molar-refractivity contribution in [2.75, 3.05) is 0 Å². The Morgan fingerprint density at radius 3 is 2.62 bits per heavy atom. The average molecular weight is 322 g/mol. The number of aromatic nitrogens is 1. The van der Waals surface area contributed by atoms with Crippen LogP contribution < -0.4 is 16.0 Å². The van der Waals surface area contributed by atoms with E-state index in [1.54, 1.807) is 12.1 Å². The summed E-state index contributed by atoms with van der Waals surface area (Å²) in [5.41, 5.74) is 7.77. The van der Waals surface area contributed by atoms with Crippen molar-refractivity contribution in [3.63, 3.8) is 0 Å². The van der Waals surface area contributed by atoms with E-state index in [1.165, 1.54) is 10.6 Å². The van der Waals surface area contributed by atoms with E-state index in [9.17, 15) is 9.59 Å². The number of benzene rings is 2. The third-order valence-corrected chi connectivity index (χ3v) is 3.93. The Morgan fingerprint density at radius 2 is 1.88 bits per heavy atom. The van der Waals surface area contributed by atoms with Gasteiger partial charge in [0.25, 0.3) is 5.56 Å². The number of carbonyl (C=O) groups is 1. The van der Waals surface area contributed by atoms with Crippen LogP contribution in [-0.4, -0.2) is 10.5 Å². The van der Waals surface area contributed by atoms with Crippen molar-refractivity contribution in [3.8, 4) is 5.75 Å². The van der Waals surface area contributed by atoms with E-state index < -0.39 is 5.91 Å². The van der Waals surface area contributed by atoms with Gasteiger partial charge in [-0.2, -0.15) is 0 Å². The number of hydrogen-bond acceptors (Lipinski definition) is 3. The predicted molar refractivity (Wildman–Crippen MR) is 92.9 cm³/mol. The number of para-hydroxylation sites is 1. The lowest BCUT2D eigenvalue weighted by Crippen LogP contribution is -2.27. The minimum Gasteiger partial charge on any atom is -0.487 e. The molecule has 0 aliphatic heterocycles. The Morgan fingerprint density at radius 1 is 1.08 bits per heavy atom. The second-order valence-electron chi connectivity index (χ2n) is 5.63. The van der Waals surface area contributed by atoms with Crippen molar-refractivity contribution in [2.45, 2.75) is 20.1 Å². The van der Waals surface area contributed by atoms with Crippen LogP contribution in [0.2, 0.25) is 0 Å². The van der Waals surface area contributed by atoms with Gasteiger partial charge in [0.05, 0.1) is 5.52 Å². The molecule has 0 radical (unpaired) electrons. The summed E-state index contributed by atoms with van der Waals surface area (Å²) in [6.45, 7) is 2.22. The summed E-state index contributed by atoms with van der Waals surface area (Å²) in [6.07, 6.45) is 0. The van der Waals surface area contributed by atoms with Gasteiger partial charge in [0.1, 0.15) is 18.9 Å². The molecule has 0 saturated heterocycles. The van der Waals surface area contributed by atoms with Gasteiger partial charge in [-0.05, 0) is 30.2 Å². The van der Waals surface area contributed by atoms with Gasteiger partial charge < -0.3 is 10.5 Å². The SMILES string of the molecule is Cc1ccccc1COc1cccc2ccc(=O)n(CC(N)=O)c12. The van der Waals surface area contributed by atoms with Crippen molar-refractivity contribution in [1.82, 2.24) is 4.57 Å². The maximum Gasteiger partial charge on any atom is 0.251 e. The zero-order valence-corrected chi connectivity index (χ0v) is 13.4. The molecule has 1 heterocycles. The molecule has 0 bridgehead atoms. The van der Waals surface area contributed by atoms with Gasteiger partial charge in [-0.15, -0.1) is 0 Å². The molecule has 2 aromatic carbocycles. The number of carbonyl (C=O) groups excluding carboxylic acids is 1. The highest BCUT2D eigenvalue weighted by Gasteiger charge is 2.11. The first-order valence-corrected chi connectivity index (χ1v) is 7.64. The molecule has 3 aromatic rings. The zero-order chi connectivity index (χ0) is 17.1. The molecule has 0 aliphatic rings. The molecule has 0 saturated carbocycles. The summed E-state index contributed by atoms with van der Waals surface area (Å²) in [7, 11) is 0. The minimum absolute atomic E-state index is 0.180. The Kier molecular flexibility index (Phi) is 4.33. The van der Waals surface area contributed by atoms with Crippen LogP contribution in [0.25, 0.3) is 10.9 Å². The molecule has 0 spiro atoms. The number of nitrogens with zero attached hydrogens (tertiary/aromatic N) is 1. The van der Waals surface area contributed by atoms with Gasteiger partial charge in [-0.3, -0.25) is 14.2 Å². The molecular weight excluding hydrogens is 304 g/mol. The number of primary amides is 1. The van der Waals surface area contributed by atoms with Gasteiger partial charge in [0.15, 0.2) is 0 Å². The standard InChI is InChI=1S/C19H18N2O3/c1-13-5-2-3-6-15(13)12-24-16-8-4-7-14-9-10-18(23)21(19(14)16)11-17(20)22/h2-10H,11-12H2,1H3,(H2,20,22). The topological polar surface area (TPSA) is 74.3 Å². The number of rotatable bonds is 5. The lowest BCUT2D eigenvalue weighted by Gasteiger charge is -2.14. The first-order chi connectivity index (χ1) is 11.6. The molecule has 24 heavy (non-hydrogen) atoms. The quantitative estimate of drug-likeness (QED) is 0.783. The molecule has 2 N–H and O–H groups in total. The Balaban J connectivity index is 2.04. The van der Waals surface area contributed by atoms with Gasteiger partial charge in [0, 0.05) is 11.5 Å². The number of pyridine rings is 1. The third-order valence-electron chi connectivity index (χ3n) is 3.93. The Bertz CT molecular complexity index is 960. The fourth-order valence-corrected chi connectivity index (χ4v) is 2.68. The second-order valence-corrected chi connectivity index (χ2v) is 5.63. The van der Waals surface area contributed by atoms with Crippen LogP contribution in [0, 0.1) is 6.92 Å². The van der Waals surface area contributed by atoms with Gasteiger partial charge in [-0.25, -0.2) is 0 Å². The molecule has 1 amide bonds. The largest absolute Gasteiger partial charge is 0.487 e. The van der Waals surface area contributed by atoms with Crippen LogP contribution in [0.5, 0.6) is 5.75 Å². The summed E-state index contributed by atoms with van der Waals surface area (Å²) in [5, 5.41) is 0.818. The fourth-order valence-electron chi connectivity index (χ4n) is 2.68. The molecular formula is C19H18N2O3. The normalized spacial score (nSPS) is 10.7. The second kappa shape index (κ2) is 6.58. The predicted octanol–water partition coefficient (Wildman–Crippen LogP) is 2.37. The van der Waals surface area contributed by atoms with Gasteiger partial charge >= 0.3 is 0 Å². The number of hydrogen-bond donors (Lipinski definition) is 1. The monoisotopic (exact) mass is 322 g/mol. The van der Waals surface area contributed by atoms with Crippen LogP contribution in [-0.2, 0) is 17.9 Å². The molecule has 5 heteroatoms. The van der Waals surface area contributed by atoms with Crippen molar-refractivity contribution < 1.29 is 9.53 Å². The Hall–Kier alpha value is -3.08. The molecule has 122 valence electrons. The average Bonchev–Trinajstić information content (AvgIpc) is 2.56. The number of amides is 1. The van der Waals surface area contributed by atoms with E-state index in [1.807, 2.05) is 43.3 Å². The molecule has 0 unspecified atom stereocenters. The van der Waals surface area contributed by atoms with Crippen LogP contribution in [0.15, 0.2) is 59.4 Å². The molecule has 1 aromatic heterocycles. The first-order valence-electron chi connectivity index (χ1n) is 7.64. The summed E-state index contributed by atoms with van der Waals surface area (Å²) in [6, 6.07) is 16.6. The first kappa shape index (κ1) is 15.8. The number of fused-ring (bicyclic) bond motifs is 1. The summed E-state index contributed by atoms with van der Waals surface area (Å²) in [4.78, 5) is 23.5. The maximum atomic E-state index is 12.1. The molecule has 0 fully saturated rings. The highest BCUT2D eigenvalue weighted by Crippen LogP contribution is 2.25. The number of ether oxygens (including phenoxy) is 1. The van der Waals surface area contributed by atoms with E-state index in [2.05, 4.69) is 0 Å². The van der Waals surface area contributed by atoms with Crippen molar-refractivity contribution >= 4 is 16.8 Å². The molecule has 0 atom stereocenters. The van der Waals surface area contributed by atoms with Crippen molar-refractivity contribution in [1.29, 1.82) is 0 Å². The highest BCUT2D eigenvalue weighted by atomic mass is 16.5. The van der Waals surface area contributed by atoms with Crippen LogP contribution in [0.1, 0.15) is 11.1 Å². The number of nitrogens with two attached hydrogens (primary N) is 1. The van der Waals surface area contributed by atoms with Crippen LogP contribution >= 0.6 is 0 Å². The minimum atomic E-state index is -0.571. The summed E-state index contributed by atoms with van der Waals surface area (Å²) >= 11 is 0. The van der Waals surface area contributed by atoms with Crippen LogP contribution in [0.4, 0.5) is 0 Å². The smallest absolute Gasteiger partial charge is 0.251 e. The third kappa shape index (κ3) is 3.15. The van der Waals surface area contributed by atoms with E-state index in [0.29, 0.717) is 17.9 Å². The lowest BCUT2D eigenvalue weighted by atomic mass is 10.1. The van der Waals surface area contributed by atoms with Crippen LogP contribution in [0.3, 0.4) is 0 Å². The van der Waals surface area contributed by atoms with E-state index in [0.717, 1.165) is 16.5 Å². The highest BCUT2D eigenvalue weighted by molar-refractivity contribution is 5.86. The van der Waals surface area contributed by atoms with Crippen molar-refractivity contribution in [2.24, 2.45) is 5.73 Å². The van der Waals surface area contributed by atoms with E-state index in [4.69, 9.17) is 10.5 Å². The zero-order valence-electron chi connectivity index (χ0n) is 13.4. The van der Waals surface area contributed by atoms with Gasteiger partial charge in [0.2, 0.25) is 5.91 Å². The fraction of sp³-hybridized carbons (Fsp3) is 0.158. The lowest BCUT2D eigenvalue weighted by molar-refractivity contribution is -0.118. The van der Waals surface area contributed by atoms with E-state index >= 15 is 0 Å². The van der Waals surface area contributed by atoms with Crippen molar-refractivity contribution in [3.05, 3.63) is 76.1 Å². The van der Waals surface area contributed by atoms with Gasteiger partial charge in [-0.1, -0.05) is 36.4 Å². The summed E-state index contributed by atoms with van der Waals surface area (Å²) < 4.78 is 7.30. The van der Waals surface area contributed by atoms with E-state index in [-0.39, 0.29) is 12.1 Å².